The van der Waals surface area contributed by atoms with Gasteiger partial charge in [-0.1, -0.05) is 0 Å². The van der Waals surface area contributed by atoms with Gasteiger partial charge in [-0.15, -0.1) is 0 Å². The second-order valence-electron chi connectivity index (χ2n) is 3.39. The van der Waals surface area contributed by atoms with Crippen molar-refractivity contribution in [2.45, 2.75) is 12.8 Å². The molecule has 0 bridgehead atoms. The molecule has 1 aromatic heterocycles. The van der Waals surface area contributed by atoms with Gasteiger partial charge in [0, 0.05) is 32.4 Å². The fraction of sp³-hybridized carbons (Fsp3) is 0.455. The number of hydrogen-bond acceptors (Lipinski definition) is 3. The van der Waals surface area contributed by atoms with E-state index in [9.17, 15) is 4.79 Å². The molecule has 4 nitrogen and oxygen atoms in total. The van der Waals surface area contributed by atoms with Crippen LogP contribution >= 0.6 is 0 Å². The first-order chi connectivity index (χ1) is 7.24. The van der Waals surface area contributed by atoms with Crippen molar-refractivity contribution in [3.63, 3.8) is 0 Å². The normalized spacial score (nSPS) is 10.0. The van der Waals surface area contributed by atoms with Crippen molar-refractivity contribution in [2.24, 2.45) is 0 Å². The van der Waals surface area contributed by atoms with Gasteiger partial charge in [-0.25, -0.2) is 0 Å². The lowest BCUT2D eigenvalue weighted by Crippen LogP contribution is -2.29. The lowest BCUT2D eigenvalue weighted by Gasteiger charge is -2.16. The van der Waals surface area contributed by atoms with Crippen molar-refractivity contribution in [3.8, 4) is 0 Å². The second-order valence-corrected chi connectivity index (χ2v) is 3.39. The Morgan fingerprint density at radius 1 is 1.47 bits per heavy atom. The van der Waals surface area contributed by atoms with Gasteiger partial charge in [0.05, 0.1) is 6.61 Å². The predicted octanol–water partition coefficient (Wildman–Crippen LogP) is 0.465. The first-order valence-electron chi connectivity index (χ1n) is 4.97. The van der Waals surface area contributed by atoms with Gasteiger partial charge in [-0.2, -0.15) is 0 Å². The van der Waals surface area contributed by atoms with Crippen LogP contribution in [0.25, 0.3) is 0 Å². The summed E-state index contributed by atoms with van der Waals surface area (Å²) >= 11 is 0. The van der Waals surface area contributed by atoms with Crippen LogP contribution in [0, 0.1) is 0 Å². The molecule has 0 fully saturated rings. The largest absolute Gasteiger partial charge is 0.396 e. The van der Waals surface area contributed by atoms with Crippen molar-refractivity contribution in [1.82, 2.24) is 9.88 Å². The maximum absolute atomic E-state index is 11.3. The summed E-state index contributed by atoms with van der Waals surface area (Å²) < 4.78 is 0. The van der Waals surface area contributed by atoms with Gasteiger partial charge in [0.1, 0.15) is 0 Å². The van der Waals surface area contributed by atoms with E-state index >= 15 is 0 Å². The summed E-state index contributed by atoms with van der Waals surface area (Å²) in [5.41, 5.74) is 1.16. The van der Waals surface area contributed by atoms with E-state index in [2.05, 4.69) is 4.98 Å². The Balaban J connectivity index is 2.34. The molecule has 0 aliphatic rings. The van der Waals surface area contributed by atoms with E-state index < -0.39 is 0 Å². The van der Waals surface area contributed by atoms with Crippen molar-refractivity contribution in [3.05, 3.63) is 30.1 Å². The number of nitrogens with zero attached hydrogens (tertiary/aromatic N) is 2. The second kappa shape index (κ2) is 6.14. The number of amides is 1. The summed E-state index contributed by atoms with van der Waals surface area (Å²) in [6.07, 6.45) is 4.50. The third-order valence-electron chi connectivity index (χ3n) is 2.24. The molecular formula is C11H16N2O2. The minimum Gasteiger partial charge on any atom is -0.396 e. The highest BCUT2D eigenvalue weighted by Gasteiger charge is 2.06. The van der Waals surface area contributed by atoms with Gasteiger partial charge in [0.2, 0.25) is 5.91 Å². The molecule has 0 aliphatic carbocycles. The molecule has 15 heavy (non-hydrogen) atoms. The van der Waals surface area contributed by atoms with Gasteiger partial charge in [-0.05, 0) is 24.1 Å². The van der Waals surface area contributed by atoms with Crippen LogP contribution in [0.3, 0.4) is 0 Å². The van der Waals surface area contributed by atoms with Crippen molar-refractivity contribution >= 4 is 5.91 Å². The minimum absolute atomic E-state index is 0.0217. The van der Waals surface area contributed by atoms with Gasteiger partial charge in [0.15, 0.2) is 0 Å². The molecular weight excluding hydrogens is 192 g/mol. The van der Waals surface area contributed by atoms with Crippen LogP contribution in [-0.4, -0.2) is 41.1 Å². The van der Waals surface area contributed by atoms with E-state index in [1.165, 1.54) is 0 Å². The van der Waals surface area contributed by atoms with Crippen LogP contribution in [0.15, 0.2) is 24.5 Å². The Morgan fingerprint density at radius 2 is 2.13 bits per heavy atom. The Kier molecular flexibility index (Phi) is 4.77. The summed E-state index contributed by atoms with van der Waals surface area (Å²) in [5, 5.41) is 8.62. The van der Waals surface area contributed by atoms with Gasteiger partial charge in [0.25, 0.3) is 0 Å². The van der Waals surface area contributed by atoms with E-state index in [0.717, 1.165) is 12.0 Å². The maximum atomic E-state index is 11.3. The molecule has 0 radical (unpaired) electrons. The topological polar surface area (TPSA) is 53.4 Å². The van der Waals surface area contributed by atoms with Gasteiger partial charge < -0.3 is 10.0 Å². The highest BCUT2D eigenvalue weighted by molar-refractivity contribution is 5.75. The first-order valence-corrected chi connectivity index (χ1v) is 4.97. The number of aliphatic hydroxyl groups excluding tert-OH is 1. The zero-order valence-corrected chi connectivity index (χ0v) is 8.89. The van der Waals surface area contributed by atoms with E-state index in [4.69, 9.17) is 5.11 Å². The average Bonchev–Trinajstić information content (AvgIpc) is 2.27. The van der Waals surface area contributed by atoms with E-state index in [1.54, 1.807) is 24.3 Å². The highest BCUT2D eigenvalue weighted by Crippen LogP contribution is 1.99. The fourth-order valence-corrected chi connectivity index (χ4v) is 1.26. The van der Waals surface area contributed by atoms with E-state index in [-0.39, 0.29) is 18.9 Å². The highest BCUT2D eigenvalue weighted by atomic mass is 16.3. The van der Waals surface area contributed by atoms with Crippen LogP contribution in [0.4, 0.5) is 0 Å². The minimum atomic E-state index is -0.0849. The molecule has 0 aromatic carbocycles. The fourth-order valence-electron chi connectivity index (χ4n) is 1.26. The molecule has 1 aromatic rings. The van der Waals surface area contributed by atoms with Crippen LogP contribution in [0.1, 0.15) is 12.0 Å². The Hall–Kier alpha value is -1.42. The van der Waals surface area contributed by atoms with Crippen LogP contribution in [-0.2, 0) is 11.2 Å². The summed E-state index contributed by atoms with van der Waals surface area (Å²) in [5.74, 6) is -0.0217. The molecule has 82 valence electrons. The number of likely N-dealkylation sites (N-methyl/N-ethyl adjacent to an activating group) is 1. The molecule has 0 atom stereocenters. The zero-order chi connectivity index (χ0) is 11.1. The SMILES string of the molecule is CN(CCc1ccncc1)C(=O)CCO. The molecule has 1 rings (SSSR count). The van der Waals surface area contributed by atoms with Crippen LogP contribution in [0.5, 0.6) is 0 Å². The van der Waals surface area contributed by atoms with Crippen molar-refractivity contribution in [2.75, 3.05) is 20.2 Å². The lowest BCUT2D eigenvalue weighted by atomic mass is 10.2. The average molecular weight is 208 g/mol. The number of pyridine rings is 1. The molecule has 0 aliphatic heterocycles. The quantitative estimate of drug-likeness (QED) is 0.765. The summed E-state index contributed by atoms with van der Waals surface area (Å²) in [6, 6.07) is 3.87. The van der Waals surface area contributed by atoms with Crippen LogP contribution in [0.2, 0.25) is 0 Å². The molecule has 0 saturated carbocycles. The molecule has 1 amide bonds. The number of aliphatic hydroxyl groups is 1. The number of carbonyl (C=O) groups excluding carboxylic acids is 1. The molecule has 4 heteroatoms. The van der Waals surface area contributed by atoms with E-state index in [0.29, 0.717) is 6.54 Å². The third kappa shape index (κ3) is 4.08. The number of carbonyl (C=O) groups is 1. The van der Waals surface area contributed by atoms with Gasteiger partial charge >= 0.3 is 0 Å². The summed E-state index contributed by atoms with van der Waals surface area (Å²) in [4.78, 5) is 16.9. The van der Waals surface area contributed by atoms with Gasteiger partial charge in [-0.3, -0.25) is 9.78 Å². The standard InChI is InChI=1S/C11H16N2O2/c1-13(11(15)5-9-14)8-4-10-2-6-12-7-3-10/h2-3,6-7,14H,4-5,8-9H2,1H3. The molecule has 0 unspecified atom stereocenters. The third-order valence-corrected chi connectivity index (χ3v) is 2.24. The molecule has 1 N–H and O–H groups in total. The summed E-state index contributed by atoms with van der Waals surface area (Å²) in [7, 11) is 1.75. The first kappa shape index (κ1) is 11.7. The number of rotatable bonds is 5. The van der Waals surface area contributed by atoms with Crippen molar-refractivity contribution < 1.29 is 9.90 Å². The monoisotopic (exact) mass is 208 g/mol. The van der Waals surface area contributed by atoms with Crippen LogP contribution < -0.4 is 0 Å². The predicted molar refractivity (Wildman–Crippen MR) is 57.3 cm³/mol. The maximum Gasteiger partial charge on any atom is 0.224 e. The molecule has 1 heterocycles. The Morgan fingerprint density at radius 3 is 2.73 bits per heavy atom. The smallest absolute Gasteiger partial charge is 0.224 e. The summed E-state index contributed by atoms with van der Waals surface area (Å²) in [6.45, 7) is 0.585. The number of aromatic nitrogens is 1. The van der Waals surface area contributed by atoms with E-state index in [1.807, 2.05) is 12.1 Å². The van der Waals surface area contributed by atoms with Crippen molar-refractivity contribution in [1.29, 1.82) is 0 Å². The lowest BCUT2D eigenvalue weighted by molar-refractivity contribution is -0.130. The zero-order valence-electron chi connectivity index (χ0n) is 8.89. The number of hydrogen-bond donors (Lipinski definition) is 1. The molecule has 0 spiro atoms. The Bertz CT molecular complexity index is 301. The Labute approximate surface area is 89.6 Å². The molecule has 0 saturated heterocycles.